The van der Waals surface area contributed by atoms with Crippen molar-refractivity contribution in [1.29, 1.82) is 5.26 Å². The first-order valence-corrected chi connectivity index (χ1v) is 6.30. The van der Waals surface area contributed by atoms with E-state index in [0.29, 0.717) is 11.3 Å². The van der Waals surface area contributed by atoms with Crippen LogP contribution in [-0.2, 0) is 0 Å². The smallest absolute Gasteiger partial charge is 0.293 e. The van der Waals surface area contributed by atoms with Crippen LogP contribution in [0.25, 0.3) is 0 Å². The van der Waals surface area contributed by atoms with E-state index in [1.165, 1.54) is 6.07 Å². The third-order valence-electron chi connectivity index (χ3n) is 3.43. The molecule has 0 amide bonds. The molecule has 0 radical (unpaired) electrons. The molecule has 0 bridgehead atoms. The van der Waals surface area contributed by atoms with Gasteiger partial charge in [0.15, 0.2) is 0 Å². The lowest BCUT2D eigenvalue weighted by molar-refractivity contribution is -0.384. The van der Waals surface area contributed by atoms with Crippen molar-refractivity contribution in [2.45, 2.75) is 31.8 Å². The molecule has 2 unspecified atom stereocenters. The highest BCUT2D eigenvalue weighted by Crippen LogP contribution is 2.27. The third-order valence-corrected chi connectivity index (χ3v) is 3.43. The number of nitro benzene ring substituents is 1. The highest BCUT2D eigenvalue weighted by molar-refractivity contribution is 5.64. The summed E-state index contributed by atoms with van der Waals surface area (Å²) in [5.41, 5.74) is 0.730. The molecule has 1 aromatic carbocycles. The number of nitrogens with zero attached hydrogens (tertiary/aromatic N) is 2. The van der Waals surface area contributed by atoms with Crippen molar-refractivity contribution in [2.24, 2.45) is 0 Å². The summed E-state index contributed by atoms with van der Waals surface area (Å²) < 4.78 is 0. The zero-order valence-electron chi connectivity index (χ0n) is 10.7. The fourth-order valence-electron chi connectivity index (χ4n) is 2.32. The number of nitrogens with one attached hydrogen (secondary N) is 2. The van der Waals surface area contributed by atoms with Gasteiger partial charge in [-0.3, -0.25) is 10.1 Å². The minimum absolute atomic E-state index is 0.0446. The molecule has 6 nitrogen and oxygen atoms in total. The predicted molar refractivity (Wildman–Crippen MR) is 71.9 cm³/mol. The number of rotatable bonds is 3. The molecule has 2 atom stereocenters. The molecule has 0 aliphatic carbocycles. The molecule has 2 N–H and O–H groups in total. The topological polar surface area (TPSA) is 91.0 Å². The molecule has 0 aromatic heterocycles. The SMILES string of the molecule is CC1NCCCC1Nc1ccc(C#N)cc1[N+](=O)[O-]. The Kier molecular flexibility index (Phi) is 3.97. The summed E-state index contributed by atoms with van der Waals surface area (Å²) in [6.45, 7) is 3.04. The lowest BCUT2D eigenvalue weighted by Crippen LogP contribution is -2.46. The second-order valence-electron chi connectivity index (χ2n) is 4.74. The monoisotopic (exact) mass is 260 g/mol. The maximum absolute atomic E-state index is 11.1. The molecule has 1 heterocycles. The zero-order valence-corrected chi connectivity index (χ0v) is 10.7. The standard InChI is InChI=1S/C13H16N4O2/c1-9-11(3-2-6-15-9)16-12-5-4-10(8-14)7-13(12)17(18)19/h4-5,7,9,11,15-16H,2-3,6H2,1H3. The predicted octanol–water partition coefficient (Wildman–Crippen LogP) is 2.02. The molecule has 1 fully saturated rings. The van der Waals surface area contributed by atoms with Gasteiger partial charge in [-0.15, -0.1) is 0 Å². The molecule has 1 aromatic rings. The van der Waals surface area contributed by atoms with Gasteiger partial charge in [-0.25, -0.2) is 0 Å². The largest absolute Gasteiger partial charge is 0.375 e. The average Bonchev–Trinajstić information content (AvgIpc) is 2.41. The minimum Gasteiger partial charge on any atom is -0.375 e. The summed E-state index contributed by atoms with van der Waals surface area (Å²) in [7, 11) is 0. The van der Waals surface area contributed by atoms with Gasteiger partial charge < -0.3 is 10.6 Å². The molecular formula is C13H16N4O2. The van der Waals surface area contributed by atoms with Gasteiger partial charge >= 0.3 is 0 Å². The second-order valence-corrected chi connectivity index (χ2v) is 4.74. The van der Waals surface area contributed by atoms with E-state index in [4.69, 9.17) is 5.26 Å². The second kappa shape index (κ2) is 5.67. The number of nitriles is 1. The van der Waals surface area contributed by atoms with Crippen LogP contribution < -0.4 is 10.6 Å². The van der Waals surface area contributed by atoms with Crippen molar-refractivity contribution in [2.75, 3.05) is 11.9 Å². The summed E-state index contributed by atoms with van der Waals surface area (Å²) in [5.74, 6) is 0. The number of benzene rings is 1. The Labute approximate surface area is 111 Å². The van der Waals surface area contributed by atoms with E-state index in [0.717, 1.165) is 19.4 Å². The highest BCUT2D eigenvalue weighted by Gasteiger charge is 2.23. The molecule has 0 spiro atoms. The lowest BCUT2D eigenvalue weighted by Gasteiger charge is -2.31. The van der Waals surface area contributed by atoms with E-state index in [1.807, 2.05) is 6.07 Å². The van der Waals surface area contributed by atoms with Gasteiger partial charge in [-0.2, -0.15) is 5.26 Å². The highest BCUT2D eigenvalue weighted by atomic mass is 16.6. The van der Waals surface area contributed by atoms with Crippen LogP contribution in [0.2, 0.25) is 0 Å². The van der Waals surface area contributed by atoms with Gasteiger partial charge in [0, 0.05) is 18.2 Å². The Morgan fingerprint density at radius 1 is 1.58 bits per heavy atom. The van der Waals surface area contributed by atoms with Gasteiger partial charge in [0.2, 0.25) is 0 Å². The Morgan fingerprint density at radius 3 is 3.00 bits per heavy atom. The Morgan fingerprint density at radius 2 is 2.37 bits per heavy atom. The van der Waals surface area contributed by atoms with Crippen LogP contribution in [0.1, 0.15) is 25.3 Å². The molecule has 6 heteroatoms. The van der Waals surface area contributed by atoms with Crippen molar-refractivity contribution in [3.8, 4) is 6.07 Å². The van der Waals surface area contributed by atoms with Crippen molar-refractivity contribution >= 4 is 11.4 Å². The first kappa shape index (κ1) is 13.3. The molecule has 2 rings (SSSR count). The molecule has 100 valence electrons. The quantitative estimate of drug-likeness (QED) is 0.641. The number of nitro groups is 1. The van der Waals surface area contributed by atoms with Crippen molar-refractivity contribution in [3.63, 3.8) is 0 Å². The zero-order chi connectivity index (χ0) is 13.8. The van der Waals surface area contributed by atoms with E-state index in [1.54, 1.807) is 12.1 Å². The van der Waals surface area contributed by atoms with E-state index in [2.05, 4.69) is 17.6 Å². The maximum Gasteiger partial charge on any atom is 0.293 e. The third kappa shape index (κ3) is 3.01. The Bertz CT molecular complexity index is 524. The van der Waals surface area contributed by atoms with Crippen molar-refractivity contribution in [1.82, 2.24) is 5.32 Å². The van der Waals surface area contributed by atoms with Crippen LogP contribution in [0.5, 0.6) is 0 Å². The molecule has 1 aliphatic heterocycles. The molecule has 0 saturated carbocycles. The first-order valence-electron chi connectivity index (χ1n) is 6.30. The van der Waals surface area contributed by atoms with Crippen LogP contribution in [-0.4, -0.2) is 23.6 Å². The summed E-state index contributed by atoms with van der Waals surface area (Å²) in [5, 5.41) is 26.4. The lowest BCUT2D eigenvalue weighted by atomic mass is 9.99. The van der Waals surface area contributed by atoms with Gasteiger partial charge in [0.1, 0.15) is 5.69 Å². The molecule has 1 saturated heterocycles. The first-order chi connectivity index (χ1) is 9.11. The summed E-state index contributed by atoms with van der Waals surface area (Å²) >= 11 is 0. The Balaban J connectivity index is 2.24. The number of anilines is 1. The van der Waals surface area contributed by atoms with E-state index >= 15 is 0 Å². The van der Waals surface area contributed by atoms with E-state index in [9.17, 15) is 10.1 Å². The van der Waals surface area contributed by atoms with Gasteiger partial charge in [-0.1, -0.05) is 0 Å². The van der Waals surface area contributed by atoms with Crippen LogP contribution in [0, 0.1) is 21.4 Å². The molecule has 1 aliphatic rings. The number of hydrogen-bond acceptors (Lipinski definition) is 5. The van der Waals surface area contributed by atoms with E-state index < -0.39 is 4.92 Å². The summed E-state index contributed by atoms with van der Waals surface area (Å²) in [6, 6.07) is 6.86. The Hall–Kier alpha value is -2.13. The average molecular weight is 260 g/mol. The van der Waals surface area contributed by atoms with Crippen LogP contribution >= 0.6 is 0 Å². The minimum atomic E-state index is -0.454. The van der Waals surface area contributed by atoms with Crippen molar-refractivity contribution < 1.29 is 4.92 Å². The number of piperidine rings is 1. The van der Waals surface area contributed by atoms with Crippen LogP contribution in [0.3, 0.4) is 0 Å². The van der Waals surface area contributed by atoms with Gasteiger partial charge in [-0.05, 0) is 38.4 Å². The maximum atomic E-state index is 11.1. The van der Waals surface area contributed by atoms with Crippen LogP contribution in [0.4, 0.5) is 11.4 Å². The fourth-order valence-corrected chi connectivity index (χ4v) is 2.32. The van der Waals surface area contributed by atoms with E-state index in [-0.39, 0.29) is 17.8 Å². The fraction of sp³-hybridized carbons (Fsp3) is 0.462. The number of hydrogen-bond donors (Lipinski definition) is 2. The normalized spacial score (nSPS) is 22.5. The van der Waals surface area contributed by atoms with Gasteiger partial charge in [0.25, 0.3) is 5.69 Å². The van der Waals surface area contributed by atoms with Crippen molar-refractivity contribution in [3.05, 3.63) is 33.9 Å². The summed E-state index contributed by atoms with van der Waals surface area (Å²) in [4.78, 5) is 10.6. The summed E-state index contributed by atoms with van der Waals surface area (Å²) in [6.07, 6.45) is 2.03. The van der Waals surface area contributed by atoms with Gasteiger partial charge in [0.05, 0.1) is 16.6 Å². The molecular weight excluding hydrogens is 244 g/mol. The van der Waals surface area contributed by atoms with Crippen LogP contribution in [0.15, 0.2) is 18.2 Å². The molecule has 19 heavy (non-hydrogen) atoms.